The zero-order valence-corrected chi connectivity index (χ0v) is 12.2. The fourth-order valence-corrected chi connectivity index (χ4v) is 3.37. The van der Waals surface area contributed by atoms with Crippen LogP contribution in [0.15, 0.2) is 23.1 Å². The van der Waals surface area contributed by atoms with E-state index >= 15 is 0 Å². The summed E-state index contributed by atoms with van der Waals surface area (Å²) < 4.78 is 40.0. The molecular formula is C13H18FNO4S. The first-order chi connectivity index (χ1) is 9.29. The van der Waals surface area contributed by atoms with Crippen LogP contribution in [0.4, 0.5) is 4.39 Å². The number of hydrogen-bond acceptors (Lipinski definition) is 3. The number of carbonyl (C=O) groups is 1. The van der Waals surface area contributed by atoms with Crippen molar-refractivity contribution in [3.8, 4) is 0 Å². The summed E-state index contributed by atoms with van der Waals surface area (Å²) in [4.78, 5) is 10.6. The predicted octanol–water partition coefficient (Wildman–Crippen LogP) is 2.06. The second kappa shape index (κ2) is 6.81. The van der Waals surface area contributed by atoms with E-state index in [1.54, 1.807) is 0 Å². The van der Waals surface area contributed by atoms with Gasteiger partial charge in [0.2, 0.25) is 10.0 Å². The van der Waals surface area contributed by atoms with E-state index in [-0.39, 0.29) is 12.0 Å². The summed E-state index contributed by atoms with van der Waals surface area (Å²) >= 11 is 0. The summed E-state index contributed by atoms with van der Waals surface area (Å²) in [5, 5.41) is 9.03. The number of hydrogen-bond donors (Lipinski definition) is 2. The summed E-state index contributed by atoms with van der Waals surface area (Å²) in [6.07, 6.45) is 1.47. The monoisotopic (exact) mass is 303 g/mol. The van der Waals surface area contributed by atoms with Crippen molar-refractivity contribution in [1.82, 2.24) is 4.72 Å². The Morgan fingerprint density at radius 3 is 2.60 bits per heavy atom. The van der Waals surface area contributed by atoms with E-state index in [4.69, 9.17) is 5.11 Å². The summed E-state index contributed by atoms with van der Waals surface area (Å²) in [5.74, 6) is -2.16. The van der Waals surface area contributed by atoms with E-state index in [1.165, 1.54) is 19.1 Å². The third-order valence-electron chi connectivity index (χ3n) is 2.87. The molecule has 0 aliphatic rings. The molecule has 1 unspecified atom stereocenters. The van der Waals surface area contributed by atoms with Gasteiger partial charge in [-0.1, -0.05) is 31.9 Å². The molecule has 20 heavy (non-hydrogen) atoms. The Bertz CT molecular complexity index is 566. The molecule has 0 saturated heterocycles. The van der Waals surface area contributed by atoms with E-state index in [9.17, 15) is 17.6 Å². The lowest BCUT2D eigenvalue weighted by Crippen LogP contribution is -2.41. The second-order valence-electron chi connectivity index (χ2n) is 4.54. The number of aliphatic carboxylic acids is 1. The minimum atomic E-state index is -4.20. The van der Waals surface area contributed by atoms with E-state index in [0.717, 1.165) is 12.5 Å². The van der Waals surface area contributed by atoms with Gasteiger partial charge in [-0.3, -0.25) is 4.79 Å². The van der Waals surface area contributed by atoms with Crippen LogP contribution in [0, 0.1) is 12.7 Å². The molecule has 1 aromatic carbocycles. The lowest BCUT2D eigenvalue weighted by Gasteiger charge is -2.16. The maximum Gasteiger partial charge on any atom is 0.321 e. The highest BCUT2D eigenvalue weighted by Gasteiger charge is 2.28. The zero-order valence-electron chi connectivity index (χ0n) is 11.4. The van der Waals surface area contributed by atoms with Gasteiger partial charge in [0, 0.05) is 0 Å². The van der Waals surface area contributed by atoms with Crippen LogP contribution >= 0.6 is 0 Å². The maximum atomic E-state index is 13.7. The van der Waals surface area contributed by atoms with Gasteiger partial charge >= 0.3 is 5.97 Å². The Morgan fingerprint density at radius 2 is 2.10 bits per heavy atom. The highest BCUT2D eigenvalue weighted by molar-refractivity contribution is 7.89. The van der Waals surface area contributed by atoms with Crippen molar-refractivity contribution in [2.24, 2.45) is 0 Å². The molecule has 2 N–H and O–H groups in total. The van der Waals surface area contributed by atoms with Crippen LogP contribution in [0.25, 0.3) is 0 Å². The van der Waals surface area contributed by atoms with Crippen LogP contribution in [-0.4, -0.2) is 25.5 Å². The number of carboxylic acids is 1. The van der Waals surface area contributed by atoms with Crippen molar-refractivity contribution in [1.29, 1.82) is 0 Å². The molecule has 0 saturated carbocycles. The van der Waals surface area contributed by atoms with Crippen molar-refractivity contribution in [3.63, 3.8) is 0 Å². The molecule has 1 atom stereocenters. The van der Waals surface area contributed by atoms with Crippen LogP contribution in [0.3, 0.4) is 0 Å². The average Bonchev–Trinajstić information content (AvgIpc) is 2.33. The van der Waals surface area contributed by atoms with Gasteiger partial charge in [0.25, 0.3) is 0 Å². The van der Waals surface area contributed by atoms with E-state index < -0.39 is 32.7 Å². The lowest BCUT2D eigenvalue weighted by atomic mass is 10.1. The summed E-state index contributed by atoms with van der Waals surface area (Å²) in [6, 6.07) is 2.64. The van der Waals surface area contributed by atoms with E-state index in [2.05, 4.69) is 4.72 Å². The molecule has 0 aromatic heterocycles. The van der Waals surface area contributed by atoms with Crippen LogP contribution in [0.2, 0.25) is 0 Å². The van der Waals surface area contributed by atoms with Crippen molar-refractivity contribution >= 4 is 16.0 Å². The lowest BCUT2D eigenvalue weighted by molar-refractivity contribution is -0.139. The Labute approximate surface area is 117 Å². The Morgan fingerprint density at radius 1 is 1.45 bits per heavy atom. The quantitative estimate of drug-likeness (QED) is 0.807. The van der Waals surface area contributed by atoms with Gasteiger partial charge in [-0.05, 0) is 25.0 Å². The van der Waals surface area contributed by atoms with Gasteiger partial charge < -0.3 is 5.11 Å². The van der Waals surface area contributed by atoms with Crippen molar-refractivity contribution < 1.29 is 22.7 Å². The van der Waals surface area contributed by atoms with Crippen LogP contribution in [0.5, 0.6) is 0 Å². The number of halogens is 1. The van der Waals surface area contributed by atoms with Gasteiger partial charge in [0.15, 0.2) is 0 Å². The summed E-state index contributed by atoms with van der Waals surface area (Å²) in [6.45, 7) is 3.33. The molecule has 7 heteroatoms. The molecule has 0 fully saturated rings. The number of nitrogens with one attached hydrogen (secondary N) is 1. The summed E-state index contributed by atoms with van der Waals surface area (Å²) in [5.41, 5.74) is 0.233. The third kappa shape index (κ3) is 4.01. The van der Waals surface area contributed by atoms with Gasteiger partial charge in [0.05, 0.1) is 0 Å². The van der Waals surface area contributed by atoms with Gasteiger partial charge in [0.1, 0.15) is 16.8 Å². The molecule has 0 aliphatic heterocycles. The molecule has 5 nitrogen and oxygen atoms in total. The average molecular weight is 303 g/mol. The highest BCUT2D eigenvalue weighted by atomic mass is 32.2. The number of benzene rings is 1. The van der Waals surface area contributed by atoms with Crippen molar-refractivity contribution in [2.45, 2.75) is 44.0 Å². The van der Waals surface area contributed by atoms with E-state index in [0.29, 0.717) is 6.42 Å². The fraction of sp³-hybridized carbons (Fsp3) is 0.462. The minimum absolute atomic E-state index is 0.165. The molecule has 0 amide bonds. The Hall–Kier alpha value is -1.47. The Balaban J connectivity index is 3.07. The summed E-state index contributed by atoms with van der Waals surface area (Å²) in [7, 11) is -4.20. The molecule has 0 aliphatic carbocycles. The number of unbranched alkanes of at least 4 members (excludes halogenated alkanes) is 1. The predicted molar refractivity (Wildman–Crippen MR) is 72.4 cm³/mol. The number of rotatable bonds is 7. The second-order valence-corrected chi connectivity index (χ2v) is 6.19. The van der Waals surface area contributed by atoms with Crippen LogP contribution in [0.1, 0.15) is 31.7 Å². The third-order valence-corrected chi connectivity index (χ3v) is 4.52. The first kappa shape index (κ1) is 16.6. The molecule has 0 bridgehead atoms. The van der Waals surface area contributed by atoms with Crippen LogP contribution in [-0.2, 0) is 14.8 Å². The molecule has 0 radical (unpaired) electrons. The van der Waals surface area contributed by atoms with Crippen molar-refractivity contribution in [2.75, 3.05) is 0 Å². The van der Waals surface area contributed by atoms with Gasteiger partial charge in [-0.15, -0.1) is 0 Å². The fourth-order valence-electron chi connectivity index (χ4n) is 1.84. The molecule has 0 spiro atoms. The molecule has 112 valence electrons. The smallest absolute Gasteiger partial charge is 0.321 e. The normalized spacial score (nSPS) is 13.2. The first-order valence-corrected chi connectivity index (χ1v) is 7.78. The largest absolute Gasteiger partial charge is 0.480 e. The SMILES string of the molecule is CCCCC(NS(=O)(=O)c1c(C)cccc1F)C(=O)O. The number of aryl methyl sites for hydroxylation is 1. The minimum Gasteiger partial charge on any atom is -0.480 e. The number of carboxylic acid groups (broad SMARTS) is 1. The number of sulfonamides is 1. The van der Waals surface area contributed by atoms with Crippen molar-refractivity contribution in [3.05, 3.63) is 29.6 Å². The molecular weight excluding hydrogens is 285 g/mol. The molecule has 1 aromatic rings. The molecule has 0 heterocycles. The Kier molecular flexibility index (Phi) is 5.64. The standard InChI is InChI=1S/C13H18FNO4S/c1-3-4-8-11(13(16)17)15-20(18,19)12-9(2)6-5-7-10(12)14/h5-7,11,15H,3-4,8H2,1-2H3,(H,16,17). The van der Waals surface area contributed by atoms with Gasteiger partial charge in [-0.25, -0.2) is 12.8 Å². The maximum absolute atomic E-state index is 13.7. The van der Waals surface area contributed by atoms with Crippen LogP contribution < -0.4 is 4.72 Å². The zero-order chi connectivity index (χ0) is 15.3. The topological polar surface area (TPSA) is 83.5 Å². The van der Waals surface area contributed by atoms with Gasteiger partial charge in [-0.2, -0.15) is 4.72 Å². The van der Waals surface area contributed by atoms with E-state index in [1.807, 2.05) is 6.92 Å². The highest BCUT2D eigenvalue weighted by Crippen LogP contribution is 2.19. The molecule has 1 rings (SSSR count). The first-order valence-electron chi connectivity index (χ1n) is 6.30.